The summed E-state index contributed by atoms with van der Waals surface area (Å²) in [6, 6.07) is 11.5. The van der Waals surface area contributed by atoms with Gasteiger partial charge in [-0.1, -0.05) is 19.1 Å². The summed E-state index contributed by atoms with van der Waals surface area (Å²) in [6.07, 6.45) is 4.40. The fourth-order valence-corrected chi connectivity index (χ4v) is 2.45. The van der Waals surface area contributed by atoms with Gasteiger partial charge in [0.25, 0.3) is 0 Å². The third kappa shape index (κ3) is 4.93. The number of rotatable bonds is 8. The van der Waals surface area contributed by atoms with Crippen molar-refractivity contribution in [2.45, 2.75) is 38.9 Å². The Labute approximate surface area is 130 Å². The summed E-state index contributed by atoms with van der Waals surface area (Å²) in [7, 11) is 0. The van der Waals surface area contributed by atoms with Crippen LogP contribution >= 0.6 is 0 Å². The molecule has 0 saturated heterocycles. The fraction of sp³-hybridized carbons (Fsp3) is 0.353. The van der Waals surface area contributed by atoms with E-state index in [-0.39, 0.29) is 12.5 Å². The molecular formula is C17H21N3O2. The number of carboxylic acids is 1. The van der Waals surface area contributed by atoms with Crippen molar-refractivity contribution in [2.75, 3.05) is 0 Å². The zero-order chi connectivity index (χ0) is 15.8. The lowest BCUT2D eigenvalue weighted by Crippen LogP contribution is -2.36. The van der Waals surface area contributed by atoms with E-state index >= 15 is 0 Å². The van der Waals surface area contributed by atoms with E-state index in [2.05, 4.69) is 14.9 Å². The van der Waals surface area contributed by atoms with Gasteiger partial charge in [0.2, 0.25) is 0 Å². The summed E-state index contributed by atoms with van der Waals surface area (Å²) in [4.78, 5) is 22.0. The van der Waals surface area contributed by atoms with E-state index in [0.29, 0.717) is 13.1 Å². The second-order valence-corrected chi connectivity index (χ2v) is 5.21. The molecule has 0 aliphatic carbocycles. The molecule has 0 saturated carbocycles. The minimum atomic E-state index is -0.779. The van der Waals surface area contributed by atoms with Gasteiger partial charge >= 0.3 is 5.97 Å². The Bertz CT molecular complexity index is 533. The van der Waals surface area contributed by atoms with Gasteiger partial charge in [0.1, 0.15) is 0 Å². The number of pyridine rings is 2. The first-order valence-corrected chi connectivity index (χ1v) is 7.44. The molecule has 0 amide bonds. The van der Waals surface area contributed by atoms with Gasteiger partial charge in [-0.25, -0.2) is 0 Å². The Hall–Kier alpha value is -2.27. The van der Waals surface area contributed by atoms with E-state index < -0.39 is 5.97 Å². The summed E-state index contributed by atoms with van der Waals surface area (Å²) in [5.41, 5.74) is 1.87. The Morgan fingerprint density at radius 2 is 1.64 bits per heavy atom. The fourth-order valence-electron chi connectivity index (χ4n) is 2.45. The average Bonchev–Trinajstić information content (AvgIpc) is 2.54. The highest BCUT2D eigenvalue weighted by atomic mass is 16.4. The molecule has 2 aromatic heterocycles. The van der Waals surface area contributed by atoms with E-state index in [9.17, 15) is 4.79 Å². The third-order valence-electron chi connectivity index (χ3n) is 3.58. The van der Waals surface area contributed by atoms with Crippen LogP contribution in [0.3, 0.4) is 0 Å². The van der Waals surface area contributed by atoms with Gasteiger partial charge in [-0.05, 0) is 30.7 Å². The first-order chi connectivity index (χ1) is 10.7. The van der Waals surface area contributed by atoms with Crippen molar-refractivity contribution in [3.8, 4) is 0 Å². The number of carbonyl (C=O) groups is 1. The maximum absolute atomic E-state index is 11.1. The lowest BCUT2D eigenvalue weighted by Gasteiger charge is -2.29. The summed E-state index contributed by atoms with van der Waals surface area (Å²) in [5.74, 6) is -0.779. The normalized spacial score (nSPS) is 12.3. The number of aromatic nitrogens is 2. The largest absolute Gasteiger partial charge is 0.481 e. The van der Waals surface area contributed by atoms with Gasteiger partial charge in [-0.3, -0.25) is 19.7 Å². The minimum Gasteiger partial charge on any atom is -0.481 e. The monoisotopic (exact) mass is 299 g/mol. The second-order valence-electron chi connectivity index (χ2n) is 5.21. The van der Waals surface area contributed by atoms with Crippen LogP contribution in [0.1, 0.15) is 31.2 Å². The molecule has 1 unspecified atom stereocenters. The van der Waals surface area contributed by atoms with Gasteiger partial charge in [0.15, 0.2) is 0 Å². The lowest BCUT2D eigenvalue weighted by molar-refractivity contribution is -0.138. The molecule has 2 rings (SSSR count). The van der Waals surface area contributed by atoms with Crippen LogP contribution in [-0.4, -0.2) is 32.0 Å². The quantitative estimate of drug-likeness (QED) is 0.812. The molecule has 0 fully saturated rings. The summed E-state index contributed by atoms with van der Waals surface area (Å²) in [5, 5.41) is 9.14. The van der Waals surface area contributed by atoms with Crippen LogP contribution in [0.2, 0.25) is 0 Å². The molecule has 5 nitrogen and oxygen atoms in total. The lowest BCUT2D eigenvalue weighted by atomic mass is 10.1. The second kappa shape index (κ2) is 8.24. The average molecular weight is 299 g/mol. The van der Waals surface area contributed by atoms with Crippen LogP contribution in [0.15, 0.2) is 48.8 Å². The molecule has 2 heterocycles. The molecule has 0 aliphatic rings. The van der Waals surface area contributed by atoms with Gasteiger partial charge < -0.3 is 5.11 Å². The molecule has 0 aromatic carbocycles. The SMILES string of the molecule is CCC(CC(=O)O)N(Cc1ccccn1)Cc1ccccn1. The Kier molecular flexibility index (Phi) is 6.03. The summed E-state index contributed by atoms with van der Waals surface area (Å²) >= 11 is 0. The standard InChI is InChI=1S/C17H21N3O2/c1-2-16(11-17(21)22)20(12-14-7-3-5-9-18-14)13-15-8-4-6-10-19-15/h3-10,16H,2,11-13H2,1H3,(H,21,22). The molecule has 5 heteroatoms. The predicted octanol–water partition coefficient (Wildman–Crippen LogP) is 2.73. The highest BCUT2D eigenvalue weighted by Crippen LogP contribution is 2.16. The van der Waals surface area contributed by atoms with E-state index in [4.69, 9.17) is 5.11 Å². The molecular weight excluding hydrogens is 278 g/mol. The Morgan fingerprint density at radius 3 is 2.00 bits per heavy atom. The molecule has 22 heavy (non-hydrogen) atoms. The van der Waals surface area contributed by atoms with E-state index in [1.807, 2.05) is 43.3 Å². The van der Waals surface area contributed by atoms with Gasteiger partial charge in [-0.2, -0.15) is 0 Å². The Balaban J connectivity index is 2.17. The molecule has 0 aliphatic heterocycles. The first kappa shape index (κ1) is 16.1. The maximum Gasteiger partial charge on any atom is 0.304 e. The Morgan fingerprint density at radius 1 is 1.09 bits per heavy atom. The third-order valence-corrected chi connectivity index (χ3v) is 3.58. The molecule has 1 atom stereocenters. The summed E-state index contributed by atoms with van der Waals surface area (Å²) < 4.78 is 0. The molecule has 1 N–H and O–H groups in total. The number of aliphatic carboxylic acids is 1. The number of nitrogens with zero attached hydrogens (tertiary/aromatic N) is 3. The van der Waals surface area contributed by atoms with Crippen LogP contribution in [0.4, 0.5) is 0 Å². The van der Waals surface area contributed by atoms with Gasteiger partial charge in [0.05, 0.1) is 17.8 Å². The maximum atomic E-state index is 11.1. The van der Waals surface area contributed by atoms with Crippen molar-refractivity contribution in [1.29, 1.82) is 0 Å². The van der Waals surface area contributed by atoms with Crippen LogP contribution in [0.25, 0.3) is 0 Å². The van der Waals surface area contributed by atoms with Crippen molar-refractivity contribution < 1.29 is 9.90 Å². The van der Waals surface area contributed by atoms with Crippen molar-refractivity contribution in [3.63, 3.8) is 0 Å². The van der Waals surface area contributed by atoms with E-state index in [1.54, 1.807) is 12.4 Å². The summed E-state index contributed by atoms with van der Waals surface area (Å²) in [6.45, 7) is 3.24. The number of hydrogen-bond donors (Lipinski definition) is 1. The van der Waals surface area contributed by atoms with Crippen molar-refractivity contribution in [3.05, 3.63) is 60.2 Å². The van der Waals surface area contributed by atoms with Gasteiger partial charge in [0, 0.05) is 31.5 Å². The van der Waals surface area contributed by atoms with Crippen molar-refractivity contribution >= 4 is 5.97 Å². The minimum absolute atomic E-state index is 0.0403. The topological polar surface area (TPSA) is 66.3 Å². The predicted molar refractivity (Wildman–Crippen MR) is 84.1 cm³/mol. The molecule has 0 spiro atoms. The van der Waals surface area contributed by atoms with Gasteiger partial charge in [-0.15, -0.1) is 0 Å². The number of hydrogen-bond acceptors (Lipinski definition) is 4. The van der Waals surface area contributed by atoms with Crippen molar-refractivity contribution in [1.82, 2.24) is 14.9 Å². The zero-order valence-corrected chi connectivity index (χ0v) is 12.7. The first-order valence-electron chi connectivity index (χ1n) is 7.44. The number of carboxylic acid groups (broad SMARTS) is 1. The van der Waals surface area contributed by atoms with E-state index in [0.717, 1.165) is 17.8 Å². The van der Waals surface area contributed by atoms with Crippen molar-refractivity contribution in [2.24, 2.45) is 0 Å². The molecule has 2 aromatic rings. The molecule has 0 bridgehead atoms. The van der Waals surface area contributed by atoms with E-state index in [1.165, 1.54) is 0 Å². The molecule has 0 radical (unpaired) electrons. The molecule has 116 valence electrons. The highest BCUT2D eigenvalue weighted by molar-refractivity contribution is 5.67. The smallest absolute Gasteiger partial charge is 0.304 e. The van der Waals surface area contributed by atoms with Crippen LogP contribution in [-0.2, 0) is 17.9 Å². The highest BCUT2D eigenvalue weighted by Gasteiger charge is 2.21. The van der Waals surface area contributed by atoms with Crippen LogP contribution in [0.5, 0.6) is 0 Å². The van der Waals surface area contributed by atoms with Crippen LogP contribution < -0.4 is 0 Å². The zero-order valence-electron chi connectivity index (χ0n) is 12.7. The van der Waals surface area contributed by atoms with Crippen LogP contribution in [0, 0.1) is 0 Å².